The number of halogens is 1. The highest BCUT2D eigenvalue weighted by Crippen LogP contribution is 2.23. The first kappa shape index (κ1) is 16.4. The van der Waals surface area contributed by atoms with Gasteiger partial charge in [-0.25, -0.2) is 9.37 Å². The number of piperazine rings is 1. The summed E-state index contributed by atoms with van der Waals surface area (Å²) in [7, 11) is 1.90. The molecule has 1 aromatic carbocycles. The van der Waals surface area contributed by atoms with Crippen LogP contribution in [0.4, 0.5) is 4.39 Å². The number of amides is 1. The molecule has 1 aliphatic rings. The highest BCUT2D eigenvalue weighted by atomic mass is 19.1. The minimum absolute atomic E-state index is 0.0852. The SMILES string of the molecule is CC(Oc1ccccc1F)C(=O)N1CCNCC1c1nccn1C. The number of imidazole rings is 1. The van der Waals surface area contributed by atoms with Gasteiger partial charge in [0.05, 0.1) is 0 Å². The van der Waals surface area contributed by atoms with Crippen LogP contribution in [0.1, 0.15) is 18.8 Å². The summed E-state index contributed by atoms with van der Waals surface area (Å²) in [5, 5.41) is 3.28. The van der Waals surface area contributed by atoms with Crippen LogP contribution in [0.3, 0.4) is 0 Å². The summed E-state index contributed by atoms with van der Waals surface area (Å²) in [6.45, 7) is 3.54. The van der Waals surface area contributed by atoms with Gasteiger partial charge in [0.15, 0.2) is 17.7 Å². The molecule has 6 nitrogen and oxygen atoms in total. The number of nitrogens with one attached hydrogen (secondary N) is 1. The molecular formula is C17H21FN4O2. The summed E-state index contributed by atoms with van der Waals surface area (Å²) in [5.74, 6) is 0.251. The van der Waals surface area contributed by atoms with E-state index in [1.54, 1.807) is 30.2 Å². The van der Waals surface area contributed by atoms with Gasteiger partial charge in [0, 0.05) is 39.1 Å². The first-order valence-electron chi connectivity index (χ1n) is 7.97. The van der Waals surface area contributed by atoms with E-state index in [1.165, 1.54) is 12.1 Å². The van der Waals surface area contributed by atoms with E-state index in [2.05, 4.69) is 10.3 Å². The molecular weight excluding hydrogens is 311 g/mol. The van der Waals surface area contributed by atoms with Crippen molar-refractivity contribution in [3.8, 4) is 5.75 Å². The van der Waals surface area contributed by atoms with E-state index in [4.69, 9.17) is 4.74 Å². The lowest BCUT2D eigenvalue weighted by Crippen LogP contribution is -2.52. The maximum absolute atomic E-state index is 13.7. The minimum atomic E-state index is -0.775. The normalized spacial score (nSPS) is 19.1. The van der Waals surface area contributed by atoms with E-state index >= 15 is 0 Å². The third-order valence-corrected chi connectivity index (χ3v) is 4.17. The number of para-hydroxylation sites is 1. The van der Waals surface area contributed by atoms with Crippen molar-refractivity contribution in [1.29, 1.82) is 0 Å². The number of carbonyl (C=O) groups is 1. The Morgan fingerprint density at radius 1 is 1.46 bits per heavy atom. The Balaban J connectivity index is 1.76. The number of benzene rings is 1. The Morgan fingerprint density at radius 3 is 2.96 bits per heavy atom. The first-order valence-corrected chi connectivity index (χ1v) is 7.97. The van der Waals surface area contributed by atoms with Crippen LogP contribution in [0.25, 0.3) is 0 Å². The van der Waals surface area contributed by atoms with E-state index in [1.807, 2.05) is 17.8 Å². The molecule has 2 heterocycles. The van der Waals surface area contributed by atoms with Gasteiger partial charge in [0.2, 0.25) is 0 Å². The Bertz CT molecular complexity index is 718. The standard InChI is InChI=1S/C17H21FN4O2/c1-12(24-15-6-4-3-5-13(15)18)17(23)22-10-7-19-11-14(22)16-20-8-9-21(16)2/h3-6,8-9,12,14,19H,7,10-11H2,1-2H3. The van der Waals surface area contributed by atoms with Crippen LogP contribution in [0.15, 0.2) is 36.7 Å². The van der Waals surface area contributed by atoms with Gasteiger partial charge in [-0.3, -0.25) is 4.79 Å². The van der Waals surface area contributed by atoms with Crippen LogP contribution >= 0.6 is 0 Å². The fourth-order valence-corrected chi connectivity index (χ4v) is 2.91. The molecule has 1 N–H and O–H groups in total. The average Bonchev–Trinajstić information content (AvgIpc) is 3.02. The average molecular weight is 332 g/mol. The van der Waals surface area contributed by atoms with Crippen molar-refractivity contribution >= 4 is 5.91 Å². The molecule has 3 rings (SSSR count). The number of hydrogen-bond acceptors (Lipinski definition) is 4. The molecule has 7 heteroatoms. The lowest BCUT2D eigenvalue weighted by molar-refractivity contribution is -0.141. The molecule has 24 heavy (non-hydrogen) atoms. The number of aryl methyl sites for hydroxylation is 1. The highest BCUT2D eigenvalue weighted by Gasteiger charge is 2.33. The van der Waals surface area contributed by atoms with Crippen LogP contribution in [0.5, 0.6) is 5.75 Å². The quantitative estimate of drug-likeness (QED) is 0.922. The van der Waals surface area contributed by atoms with Gasteiger partial charge in [0.25, 0.3) is 5.91 Å². The second kappa shape index (κ2) is 7.00. The second-order valence-electron chi connectivity index (χ2n) is 5.84. The molecule has 2 unspecified atom stereocenters. The Hall–Kier alpha value is -2.41. The molecule has 1 aliphatic heterocycles. The minimum Gasteiger partial charge on any atom is -0.478 e. The summed E-state index contributed by atoms with van der Waals surface area (Å²) < 4.78 is 21.2. The Morgan fingerprint density at radius 2 is 2.25 bits per heavy atom. The van der Waals surface area contributed by atoms with Crippen LogP contribution in [0, 0.1) is 5.82 Å². The fraction of sp³-hybridized carbons (Fsp3) is 0.412. The van der Waals surface area contributed by atoms with E-state index in [0.717, 1.165) is 5.82 Å². The zero-order valence-electron chi connectivity index (χ0n) is 13.8. The Labute approximate surface area is 140 Å². The van der Waals surface area contributed by atoms with Gasteiger partial charge in [-0.05, 0) is 19.1 Å². The van der Waals surface area contributed by atoms with E-state index in [9.17, 15) is 9.18 Å². The van der Waals surface area contributed by atoms with Crippen molar-refractivity contribution < 1.29 is 13.9 Å². The summed E-state index contributed by atoms with van der Waals surface area (Å²) in [6, 6.07) is 5.93. The smallest absolute Gasteiger partial charge is 0.264 e. The van der Waals surface area contributed by atoms with Crippen molar-refractivity contribution in [1.82, 2.24) is 19.8 Å². The lowest BCUT2D eigenvalue weighted by Gasteiger charge is -2.37. The number of ether oxygens (including phenoxy) is 1. The number of hydrogen-bond donors (Lipinski definition) is 1. The molecule has 1 saturated heterocycles. The zero-order chi connectivity index (χ0) is 17.1. The molecule has 1 aromatic heterocycles. The zero-order valence-corrected chi connectivity index (χ0v) is 13.8. The molecule has 2 aromatic rings. The molecule has 1 fully saturated rings. The van der Waals surface area contributed by atoms with Crippen molar-refractivity contribution in [2.45, 2.75) is 19.1 Å². The fourth-order valence-electron chi connectivity index (χ4n) is 2.91. The maximum Gasteiger partial charge on any atom is 0.264 e. The number of aromatic nitrogens is 2. The number of carbonyl (C=O) groups excluding carboxylic acids is 1. The van der Waals surface area contributed by atoms with Crippen molar-refractivity contribution in [2.24, 2.45) is 7.05 Å². The number of rotatable bonds is 4. The van der Waals surface area contributed by atoms with Crippen LogP contribution in [-0.2, 0) is 11.8 Å². The third-order valence-electron chi connectivity index (χ3n) is 4.17. The third kappa shape index (κ3) is 3.26. The van der Waals surface area contributed by atoms with E-state index in [-0.39, 0.29) is 17.7 Å². The van der Waals surface area contributed by atoms with Gasteiger partial charge in [-0.2, -0.15) is 0 Å². The van der Waals surface area contributed by atoms with Gasteiger partial charge >= 0.3 is 0 Å². The monoisotopic (exact) mass is 332 g/mol. The van der Waals surface area contributed by atoms with E-state index in [0.29, 0.717) is 19.6 Å². The molecule has 0 aliphatic carbocycles. The van der Waals surface area contributed by atoms with Gasteiger partial charge in [0.1, 0.15) is 11.9 Å². The summed E-state index contributed by atoms with van der Waals surface area (Å²) in [4.78, 5) is 19.0. The molecule has 0 radical (unpaired) electrons. The van der Waals surface area contributed by atoms with Crippen molar-refractivity contribution in [3.05, 3.63) is 48.3 Å². The summed E-state index contributed by atoms with van der Waals surface area (Å²) >= 11 is 0. The van der Waals surface area contributed by atoms with Crippen molar-refractivity contribution in [3.63, 3.8) is 0 Å². The highest BCUT2D eigenvalue weighted by molar-refractivity contribution is 5.81. The van der Waals surface area contributed by atoms with Crippen molar-refractivity contribution in [2.75, 3.05) is 19.6 Å². The largest absolute Gasteiger partial charge is 0.478 e. The van der Waals surface area contributed by atoms with Gasteiger partial charge in [-0.1, -0.05) is 12.1 Å². The molecule has 0 spiro atoms. The van der Waals surface area contributed by atoms with Gasteiger partial charge < -0.3 is 19.5 Å². The molecule has 1 amide bonds. The van der Waals surface area contributed by atoms with Crippen LogP contribution in [0.2, 0.25) is 0 Å². The molecule has 0 bridgehead atoms. The predicted octanol–water partition coefficient (Wildman–Crippen LogP) is 1.50. The van der Waals surface area contributed by atoms with Gasteiger partial charge in [-0.15, -0.1) is 0 Å². The lowest BCUT2D eigenvalue weighted by atomic mass is 10.1. The molecule has 128 valence electrons. The Kier molecular flexibility index (Phi) is 4.80. The number of nitrogens with zero attached hydrogens (tertiary/aromatic N) is 3. The topological polar surface area (TPSA) is 59.4 Å². The molecule has 2 atom stereocenters. The predicted molar refractivity (Wildman–Crippen MR) is 87.0 cm³/mol. The maximum atomic E-state index is 13.7. The summed E-state index contributed by atoms with van der Waals surface area (Å²) in [6.07, 6.45) is 2.79. The van der Waals surface area contributed by atoms with E-state index < -0.39 is 11.9 Å². The first-order chi connectivity index (χ1) is 11.6. The van der Waals surface area contributed by atoms with Crippen LogP contribution in [-0.4, -0.2) is 46.1 Å². The second-order valence-corrected chi connectivity index (χ2v) is 5.84. The van der Waals surface area contributed by atoms with Crippen LogP contribution < -0.4 is 10.1 Å². The molecule has 0 saturated carbocycles. The summed E-state index contributed by atoms with van der Waals surface area (Å²) in [5.41, 5.74) is 0.